The van der Waals surface area contributed by atoms with Crippen molar-refractivity contribution in [1.82, 2.24) is 9.80 Å². The van der Waals surface area contributed by atoms with Gasteiger partial charge in [-0.1, -0.05) is 102 Å². The van der Waals surface area contributed by atoms with Crippen molar-refractivity contribution in [3.8, 4) is 11.5 Å². The molecule has 0 radical (unpaired) electrons. The molecule has 4 aromatic rings. The van der Waals surface area contributed by atoms with E-state index in [4.69, 9.17) is 27.9 Å². The van der Waals surface area contributed by atoms with E-state index in [1.54, 1.807) is 41.3 Å². The number of rotatable bonds is 7. The molecule has 0 aromatic heterocycles. The molecule has 1 saturated carbocycles. The molecule has 4 fully saturated rings. The Hall–Kier alpha value is -4.96. The summed E-state index contributed by atoms with van der Waals surface area (Å²) in [5.41, 5.74) is 2.11. The van der Waals surface area contributed by atoms with E-state index in [9.17, 15) is 14.7 Å². The van der Waals surface area contributed by atoms with Crippen molar-refractivity contribution in [3.63, 3.8) is 0 Å². The van der Waals surface area contributed by atoms with Gasteiger partial charge in [-0.15, -0.1) is 0 Å². The average Bonchev–Trinajstić information content (AvgIpc) is 3.60. The predicted molar refractivity (Wildman–Crippen MR) is 212 cm³/mol. The molecule has 0 spiro atoms. The third-order valence-electron chi connectivity index (χ3n) is 13.0. The van der Waals surface area contributed by atoms with Crippen LogP contribution in [0.25, 0.3) is 0 Å². The van der Waals surface area contributed by atoms with Crippen molar-refractivity contribution in [1.29, 1.82) is 0 Å². The number of methoxy groups -OCH3 is 1. The lowest BCUT2D eigenvalue weighted by Gasteiger charge is -2.50. The number of hydrogen-bond acceptors (Lipinski definition) is 7. The number of anilines is 1. The summed E-state index contributed by atoms with van der Waals surface area (Å²) in [6, 6.07) is 29.3. The number of phenols is 1. The zero-order chi connectivity index (χ0) is 38.9. The topological polar surface area (TPSA) is 107 Å². The van der Waals surface area contributed by atoms with Crippen LogP contribution in [0, 0.1) is 23.7 Å². The molecule has 9 nitrogen and oxygen atoms in total. The second-order valence-corrected chi connectivity index (χ2v) is 16.5. The number of ether oxygens (including phenoxy) is 1. The fourth-order valence-electron chi connectivity index (χ4n) is 10.6. The molecular formula is C45H41Cl2N3O6. The van der Waals surface area contributed by atoms with Crippen molar-refractivity contribution in [3.05, 3.63) is 135 Å². The highest BCUT2D eigenvalue weighted by atomic mass is 35.5. The minimum Gasteiger partial charge on any atom is -0.503 e. The van der Waals surface area contributed by atoms with Crippen LogP contribution in [-0.4, -0.2) is 64.8 Å². The molecule has 4 amide bonds. The van der Waals surface area contributed by atoms with Gasteiger partial charge in [0.1, 0.15) is 0 Å². The Morgan fingerprint density at radius 3 is 2.23 bits per heavy atom. The van der Waals surface area contributed by atoms with E-state index >= 15 is 9.59 Å². The Morgan fingerprint density at radius 2 is 1.54 bits per heavy atom. The Kier molecular flexibility index (Phi) is 9.30. The van der Waals surface area contributed by atoms with E-state index in [1.165, 1.54) is 17.6 Å². The first-order valence-electron chi connectivity index (χ1n) is 19.2. The van der Waals surface area contributed by atoms with Gasteiger partial charge in [0.2, 0.25) is 23.6 Å². The summed E-state index contributed by atoms with van der Waals surface area (Å²) < 4.78 is 5.58. The van der Waals surface area contributed by atoms with Gasteiger partial charge in [0.25, 0.3) is 0 Å². The lowest BCUT2D eigenvalue weighted by Crippen LogP contribution is -2.53. The summed E-state index contributed by atoms with van der Waals surface area (Å²) >= 11 is 13.1. The summed E-state index contributed by atoms with van der Waals surface area (Å²) in [4.78, 5) is 64.9. The van der Waals surface area contributed by atoms with Crippen molar-refractivity contribution >= 4 is 52.5 Å². The molecule has 5 aliphatic rings. The number of amides is 4. The number of carbonyl (C=O) groups is 4. The smallest absolute Gasteiger partial charge is 0.246 e. The van der Waals surface area contributed by atoms with Crippen LogP contribution >= 0.6 is 23.2 Å². The zero-order valence-corrected chi connectivity index (χ0v) is 32.3. The number of carbonyl (C=O) groups excluding carboxylic acids is 4. The zero-order valence-electron chi connectivity index (χ0n) is 30.8. The molecule has 6 atom stereocenters. The number of likely N-dealkylation sites (tertiary alicyclic amines) is 2. The van der Waals surface area contributed by atoms with E-state index in [1.807, 2.05) is 54.6 Å². The summed E-state index contributed by atoms with van der Waals surface area (Å²) in [6.07, 6.45) is 3.90. The molecule has 1 N–H and O–H groups in total. The van der Waals surface area contributed by atoms with Crippen molar-refractivity contribution in [2.75, 3.05) is 25.1 Å². The fourth-order valence-corrected chi connectivity index (χ4v) is 11.0. The number of phenolic OH excluding ortho intramolecular Hbond substituents is 1. The molecule has 0 unspecified atom stereocenters. The van der Waals surface area contributed by atoms with Crippen LogP contribution in [0.2, 0.25) is 10.0 Å². The third-order valence-corrected chi connectivity index (χ3v) is 13.5. The first-order valence-corrected chi connectivity index (χ1v) is 20.0. The number of aromatic hydroxyl groups is 1. The summed E-state index contributed by atoms with van der Waals surface area (Å²) in [5, 5.41) is 11.3. The van der Waals surface area contributed by atoms with Gasteiger partial charge in [-0.2, -0.15) is 0 Å². The van der Waals surface area contributed by atoms with Crippen LogP contribution in [0.3, 0.4) is 0 Å². The van der Waals surface area contributed by atoms with Crippen LogP contribution in [0.15, 0.2) is 109 Å². The van der Waals surface area contributed by atoms with Crippen LogP contribution < -0.4 is 9.64 Å². The highest BCUT2D eigenvalue weighted by Gasteiger charge is 2.70. The van der Waals surface area contributed by atoms with Gasteiger partial charge in [0.15, 0.2) is 11.5 Å². The third kappa shape index (κ3) is 5.61. The Morgan fingerprint density at radius 1 is 0.821 bits per heavy atom. The predicted octanol–water partition coefficient (Wildman–Crippen LogP) is 7.53. The highest BCUT2D eigenvalue weighted by molar-refractivity contribution is 6.33. The van der Waals surface area contributed by atoms with Crippen molar-refractivity contribution < 1.29 is 29.0 Å². The number of fused-ring (bicyclic) bond motifs is 4. The number of piperidine rings is 1. The fraction of sp³-hybridized carbons (Fsp3) is 0.333. The normalized spacial score (nSPS) is 27.9. The summed E-state index contributed by atoms with van der Waals surface area (Å²) in [7, 11) is 1.42. The highest BCUT2D eigenvalue weighted by Crippen LogP contribution is 2.65. The molecular weight excluding hydrogens is 749 g/mol. The monoisotopic (exact) mass is 789 g/mol. The molecule has 9 rings (SSSR count). The van der Waals surface area contributed by atoms with Gasteiger partial charge in [0.05, 0.1) is 41.0 Å². The molecule has 56 heavy (non-hydrogen) atoms. The van der Waals surface area contributed by atoms with E-state index in [-0.39, 0.29) is 40.8 Å². The minimum atomic E-state index is -1.47. The van der Waals surface area contributed by atoms with E-state index in [0.717, 1.165) is 25.2 Å². The average molecular weight is 791 g/mol. The van der Waals surface area contributed by atoms with Crippen molar-refractivity contribution in [2.45, 2.75) is 49.6 Å². The second-order valence-electron chi connectivity index (χ2n) is 15.7. The Bertz CT molecular complexity index is 2280. The van der Waals surface area contributed by atoms with Gasteiger partial charge < -0.3 is 9.84 Å². The van der Waals surface area contributed by atoms with Gasteiger partial charge in [-0.05, 0) is 78.6 Å². The molecule has 4 aromatic carbocycles. The minimum absolute atomic E-state index is 0.0240. The Balaban J connectivity index is 1.14. The van der Waals surface area contributed by atoms with Crippen LogP contribution in [-0.2, 0) is 31.1 Å². The number of hydrogen-bond donors (Lipinski definition) is 1. The number of allylic oxidation sites excluding steroid dienone is 2. The van der Waals surface area contributed by atoms with Gasteiger partial charge in [-0.25, -0.2) is 4.90 Å². The molecule has 2 aliphatic carbocycles. The quantitative estimate of drug-likeness (QED) is 0.152. The largest absolute Gasteiger partial charge is 0.503 e. The van der Waals surface area contributed by atoms with Crippen LogP contribution in [0.1, 0.15) is 48.3 Å². The van der Waals surface area contributed by atoms with E-state index < -0.39 is 46.8 Å². The SMILES string of the molecule is COc1cc([C@H]2C3=CC[C@@H]4C(=O)N(C5CCN(Cc6ccccc6)CC5)C(=O)[C@@H]4[C@@H]3C[C@H]3C(=O)N(c4cccc(Cl)c4)C(=O)[C@@]23c2ccccc2)cc(Cl)c1O. The van der Waals surface area contributed by atoms with Crippen molar-refractivity contribution in [2.24, 2.45) is 23.7 Å². The number of halogens is 2. The standard InChI is InChI=1S/C45H41Cl2N3O6/c1-56-37-22-27(21-36(47)40(37)51)39-32-15-16-33-38(43(54)49(41(33)52)30-17-19-48(20-18-30)25-26-9-4-2-5-10-26)34(32)24-35-42(53)50(31-14-8-13-29(46)23-31)44(55)45(35,39)28-11-6-3-7-12-28/h2-15,21-23,30,33-35,38-39,51H,16-20,24-25H2,1H3/t33-,34+,35-,38-,39-,45+/m0/s1. The maximum Gasteiger partial charge on any atom is 0.246 e. The lowest BCUT2D eigenvalue weighted by molar-refractivity contribution is -0.144. The first kappa shape index (κ1) is 36.7. The van der Waals surface area contributed by atoms with Gasteiger partial charge in [-0.3, -0.25) is 29.0 Å². The second kappa shape index (κ2) is 14.2. The summed E-state index contributed by atoms with van der Waals surface area (Å²) in [5.74, 6) is -4.82. The maximum atomic E-state index is 15.5. The maximum absolute atomic E-state index is 15.5. The number of benzene rings is 4. The number of nitrogens with zero attached hydrogens (tertiary/aromatic N) is 3. The molecule has 11 heteroatoms. The van der Waals surface area contributed by atoms with Gasteiger partial charge >= 0.3 is 0 Å². The van der Waals surface area contributed by atoms with E-state index in [0.29, 0.717) is 41.1 Å². The van der Waals surface area contributed by atoms with Crippen LogP contribution in [0.4, 0.5) is 5.69 Å². The molecule has 3 heterocycles. The van der Waals surface area contributed by atoms with Gasteiger partial charge in [0, 0.05) is 36.6 Å². The van der Waals surface area contributed by atoms with Crippen LogP contribution in [0.5, 0.6) is 11.5 Å². The molecule has 0 bridgehead atoms. The molecule has 3 saturated heterocycles. The number of imide groups is 2. The Labute approximate surface area is 335 Å². The lowest BCUT2D eigenvalue weighted by atomic mass is 9.49. The van der Waals surface area contributed by atoms with E-state index in [2.05, 4.69) is 17.0 Å². The summed E-state index contributed by atoms with van der Waals surface area (Å²) in [6.45, 7) is 2.34. The molecule has 3 aliphatic heterocycles. The molecule has 286 valence electrons. The first-order chi connectivity index (χ1) is 27.1.